The van der Waals surface area contributed by atoms with Gasteiger partial charge in [0.15, 0.2) is 6.10 Å². The number of aliphatic carboxylic acids is 1. The van der Waals surface area contributed by atoms with Gasteiger partial charge in [0.2, 0.25) is 0 Å². The van der Waals surface area contributed by atoms with Crippen LogP contribution in [0.4, 0.5) is 4.79 Å². The molecule has 0 spiro atoms. The van der Waals surface area contributed by atoms with Gasteiger partial charge < -0.3 is 24.8 Å². The Bertz CT molecular complexity index is 1090. The molecule has 3 atom stereocenters. The minimum absolute atomic E-state index is 0.0521. The Morgan fingerprint density at radius 3 is 2.37 bits per heavy atom. The summed E-state index contributed by atoms with van der Waals surface area (Å²) in [7, 11) is 1.73. The highest BCUT2D eigenvalue weighted by atomic mass is 16.6. The molecule has 0 aromatic heterocycles. The van der Waals surface area contributed by atoms with Crippen molar-refractivity contribution < 1.29 is 29.0 Å². The summed E-state index contributed by atoms with van der Waals surface area (Å²) in [6.45, 7) is 1.48. The number of carbonyl (C=O) groups excluding carboxylic acids is 2. The fraction of sp³-hybridized carbons (Fsp3) is 0.423. The standard InChI is InChI=1S/C26H29N3O6/c1-28-11-12-29(14-22(28)25(31)32)24(30)23-21(10-13-34-23)27-26(33)35-15-20-18-8-4-2-6-16(18)17-7-3-5-9-19(17)20/h2-9,20-23H,10-15H2,1H3,(H,27,33)(H,31,32). The van der Waals surface area contributed by atoms with E-state index in [1.165, 1.54) is 4.90 Å². The average molecular weight is 480 g/mol. The Kier molecular flexibility index (Phi) is 6.44. The van der Waals surface area contributed by atoms with E-state index in [2.05, 4.69) is 29.6 Å². The van der Waals surface area contributed by atoms with Crippen LogP contribution < -0.4 is 5.32 Å². The Hall–Kier alpha value is -3.43. The number of ether oxygens (including phenoxy) is 2. The fourth-order valence-corrected chi connectivity index (χ4v) is 5.29. The van der Waals surface area contributed by atoms with Gasteiger partial charge in [-0.3, -0.25) is 14.5 Å². The molecule has 2 N–H and O–H groups in total. The first-order valence-electron chi connectivity index (χ1n) is 11.9. The molecule has 0 bridgehead atoms. The van der Waals surface area contributed by atoms with Crippen molar-refractivity contribution in [1.82, 2.24) is 15.1 Å². The van der Waals surface area contributed by atoms with E-state index in [9.17, 15) is 19.5 Å². The van der Waals surface area contributed by atoms with Gasteiger partial charge in [0.1, 0.15) is 12.6 Å². The number of hydrogen-bond acceptors (Lipinski definition) is 6. The highest BCUT2D eigenvalue weighted by Gasteiger charge is 2.41. The fourth-order valence-electron chi connectivity index (χ4n) is 5.29. The molecule has 3 aliphatic rings. The molecule has 0 saturated carbocycles. The summed E-state index contributed by atoms with van der Waals surface area (Å²) in [6.07, 6.45) is -0.966. The van der Waals surface area contributed by atoms with Crippen molar-refractivity contribution in [3.05, 3.63) is 59.7 Å². The average Bonchev–Trinajstić information content (AvgIpc) is 3.45. The van der Waals surface area contributed by atoms with E-state index in [1.807, 2.05) is 24.3 Å². The lowest BCUT2D eigenvalue weighted by atomic mass is 9.98. The molecule has 0 radical (unpaired) electrons. The van der Waals surface area contributed by atoms with Crippen LogP contribution in [-0.2, 0) is 19.1 Å². The molecule has 2 aromatic rings. The lowest BCUT2D eigenvalue weighted by molar-refractivity contribution is -0.151. The number of benzene rings is 2. The number of nitrogens with zero attached hydrogens (tertiary/aromatic N) is 2. The third-order valence-corrected chi connectivity index (χ3v) is 7.23. The van der Waals surface area contributed by atoms with E-state index in [-0.39, 0.29) is 25.0 Å². The van der Waals surface area contributed by atoms with Gasteiger partial charge in [-0.1, -0.05) is 48.5 Å². The molecule has 9 nitrogen and oxygen atoms in total. The van der Waals surface area contributed by atoms with Crippen LogP contribution in [0.15, 0.2) is 48.5 Å². The number of fused-ring (bicyclic) bond motifs is 3. The van der Waals surface area contributed by atoms with E-state index in [4.69, 9.17) is 9.47 Å². The maximum absolute atomic E-state index is 13.1. The van der Waals surface area contributed by atoms with Crippen molar-refractivity contribution in [2.75, 3.05) is 39.9 Å². The SMILES string of the molecule is CN1CCN(C(=O)C2OCCC2NC(=O)OCC2c3ccccc3-c3ccccc32)CC1C(=O)O. The Labute approximate surface area is 203 Å². The molecule has 184 valence electrons. The second-order valence-corrected chi connectivity index (χ2v) is 9.28. The van der Waals surface area contributed by atoms with Crippen LogP contribution in [0.25, 0.3) is 11.1 Å². The van der Waals surface area contributed by atoms with Crippen molar-refractivity contribution >= 4 is 18.0 Å². The molecular weight excluding hydrogens is 450 g/mol. The number of carboxylic acids is 1. The number of amides is 2. The van der Waals surface area contributed by atoms with Crippen LogP contribution in [0.2, 0.25) is 0 Å². The summed E-state index contributed by atoms with van der Waals surface area (Å²) in [6, 6.07) is 14.9. The van der Waals surface area contributed by atoms with Gasteiger partial charge >= 0.3 is 12.1 Å². The summed E-state index contributed by atoms with van der Waals surface area (Å²) in [5.74, 6) is -1.32. The Balaban J connectivity index is 1.20. The normalized spacial score (nSPS) is 24.0. The van der Waals surface area contributed by atoms with Crippen LogP contribution in [0, 0.1) is 0 Å². The Morgan fingerprint density at radius 1 is 1.06 bits per heavy atom. The molecule has 3 unspecified atom stereocenters. The van der Waals surface area contributed by atoms with Crippen LogP contribution >= 0.6 is 0 Å². The summed E-state index contributed by atoms with van der Waals surface area (Å²) in [5.41, 5.74) is 4.56. The number of piperazine rings is 1. The first kappa shape index (κ1) is 23.3. The summed E-state index contributed by atoms with van der Waals surface area (Å²) < 4.78 is 11.3. The number of nitrogens with one attached hydrogen (secondary N) is 1. The number of carbonyl (C=O) groups is 3. The molecular formula is C26H29N3O6. The van der Waals surface area contributed by atoms with Gasteiger partial charge in [0.05, 0.1) is 6.04 Å². The van der Waals surface area contributed by atoms with Gasteiger partial charge in [-0.2, -0.15) is 0 Å². The predicted octanol–water partition coefficient (Wildman–Crippen LogP) is 1.91. The number of alkyl carbamates (subject to hydrolysis) is 1. The van der Waals surface area contributed by atoms with Crippen LogP contribution in [0.1, 0.15) is 23.5 Å². The van der Waals surface area contributed by atoms with Crippen LogP contribution in [0.5, 0.6) is 0 Å². The third kappa shape index (κ3) is 4.49. The van der Waals surface area contributed by atoms with Crippen molar-refractivity contribution in [3.8, 4) is 11.1 Å². The molecule has 5 rings (SSSR count). The zero-order valence-electron chi connectivity index (χ0n) is 19.6. The van der Waals surface area contributed by atoms with Gasteiger partial charge in [-0.25, -0.2) is 4.79 Å². The lowest BCUT2D eigenvalue weighted by Crippen LogP contribution is -2.59. The second kappa shape index (κ2) is 9.67. The monoisotopic (exact) mass is 479 g/mol. The zero-order valence-corrected chi connectivity index (χ0v) is 19.6. The minimum atomic E-state index is -0.967. The van der Waals surface area contributed by atoms with E-state index in [0.717, 1.165) is 22.3 Å². The number of hydrogen-bond donors (Lipinski definition) is 2. The van der Waals surface area contributed by atoms with Gasteiger partial charge in [-0.05, 0) is 35.7 Å². The quantitative estimate of drug-likeness (QED) is 0.674. The highest BCUT2D eigenvalue weighted by molar-refractivity contribution is 5.84. The van der Waals surface area contributed by atoms with E-state index in [0.29, 0.717) is 26.1 Å². The zero-order chi connectivity index (χ0) is 24.5. The topological polar surface area (TPSA) is 108 Å². The Morgan fingerprint density at radius 2 is 1.71 bits per heavy atom. The van der Waals surface area contributed by atoms with Crippen LogP contribution in [-0.4, -0.2) is 91.0 Å². The number of likely N-dealkylation sites (N-methyl/N-ethyl adjacent to an activating group) is 1. The van der Waals surface area contributed by atoms with Gasteiger partial charge in [0.25, 0.3) is 5.91 Å². The molecule has 2 fully saturated rings. The first-order valence-corrected chi connectivity index (χ1v) is 11.9. The third-order valence-electron chi connectivity index (χ3n) is 7.23. The first-order chi connectivity index (χ1) is 16.9. The molecule has 35 heavy (non-hydrogen) atoms. The number of carboxylic acid groups (broad SMARTS) is 1. The molecule has 2 saturated heterocycles. The molecule has 2 heterocycles. The molecule has 2 aromatic carbocycles. The van der Waals surface area contributed by atoms with E-state index in [1.54, 1.807) is 11.9 Å². The second-order valence-electron chi connectivity index (χ2n) is 9.28. The van der Waals surface area contributed by atoms with Crippen molar-refractivity contribution in [3.63, 3.8) is 0 Å². The number of rotatable bonds is 5. The summed E-state index contributed by atoms with van der Waals surface area (Å²) in [4.78, 5) is 40.6. The maximum atomic E-state index is 13.1. The summed E-state index contributed by atoms with van der Waals surface area (Å²) in [5, 5.41) is 12.2. The maximum Gasteiger partial charge on any atom is 0.407 e. The lowest BCUT2D eigenvalue weighted by Gasteiger charge is -2.38. The highest BCUT2D eigenvalue weighted by Crippen LogP contribution is 2.44. The molecule has 9 heteroatoms. The van der Waals surface area contributed by atoms with Crippen molar-refractivity contribution in [2.24, 2.45) is 0 Å². The molecule has 2 aliphatic heterocycles. The van der Waals surface area contributed by atoms with Crippen molar-refractivity contribution in [1.29, 1.82) is 0 Å². The van der Waals surface area contributed by atoms with Crippen molar-refractivity contribution in [2.45, 2.75) is 30.5 Å². The molecule has 2 amide bonds. The van der Waals surface area contributed by atoms with Crippen LogP contribution in [0.3, 0.4) is 0 Å². The van der Waals surface area contributed by atoms with Gasteiger partial charge in [0, 0.05) is 32.2 Å². The van der Waals surface area contributed by atoms with E-state index < -0.39 is 30.3 Å². The smallest absolute Gasteiger partial charge is 0.407 e. The largest absolute Gasteiger partial charge is 0.480 e. The summed E-state index contributed by atoms with van der Waals surface area (Å²) >= 11 is 0. The minimum Gasteiger partial charge on any atom is -0.480 e. The predicted molar refractivity (Wildman–Crippen MR) is 127 cm³/mol. The molecule has 1 aliphatic carbocycles. The van der Waals surface area contributed by atoms with E-state index >= 15 is 0 Å². The van der Waals surface area contributed by atoms with Gasteiger partial charge in [-0.15, -0.1) is 0 Å².